The summed E-state index contributed by atoms with van der Waals surface area (Å²) >= 11 is 0. The summed E-state index contributed by atoms with van der Waals surface area (Å²) in [6, 6.07) is 0.283. The van der Waals surface area contributed by atoms with E-state index >= 15 is 0 Å². The zero-order chi connectivity index (χ0) is 15.6. The van der Waals surface area contributed by atoms with Crippen LogP contribution in [0.1, 0.15) is 47.0 Å². The van der Waals surface area contributed by atoms with Gasteiger partial charge < -0.3 is 9.64 Å². The molecule has 4 nitrogen and oxygen atoms in total. The van der Waals surface area contributed by atoms with Crippen molar-refractivity contribution in [1.29, 1.82) is 0 Å². The fraction of sp³-hybridized carbons (Fsp3) is 0.941. The van der Waals surface area contributed by atoms with Crippen LogP contribution in [0.15, 0.2) is 0 Å². The van der Waals surface area contributed by atoms with Gasteiger partial charge >= 0.3 is 5.97 Å². The minimum atomic E-state index is -0.511. The number of hydrogen-bond donors (Lipinski definition) is 1. The van der Waals surface area contributed by atoms with Gasteiger partial charge in [-0.3, -0.25) is 5.32 Å². The van der Waals surface area contributed by atoms with Crippen LogP contribution in [-0.4, -0.2) is 49.2 Å². The summed E-state index contributed by atoms with van der Waals surface area (Å²) in [6.07, 6.45) is 3.49. The first-order chi connectivity index (χ1) is 9.89. The number of esters is 1. The molecule has 4 heteroatoms. The number of methoxy groups -OCH3 is 1. The van der Waals surface area contributed by atoms with Gasteiger partial charge in [0.15, 0.2) is 0 Å². The molecule has 1 aliphatic heterocycles. The summed E-state index contributed by atoms with van der Waals surface area (Å²) in [4.78, 5) is 15.0. The summed E-state index contributed by atoms with van der Waals surface area (Å²) in [7, 11) is 1.52. The van der Waals surface area contributed by atoms with E-state index in [1.165, 1.54) is 13.5 Å². The summed E-state index contributed by atoms with van der Waals surface area (Å²) in [5.74, 6) is 1.84. The van der Waals surface area contributed by atoms with Gasteiger partial charge in [-0.2, -0.15) is 0 Å². The number of rotatable bonds is 6. The van der Waals surface area contributed by atoms with E-state index in [1.54, 1.807) is 0 Å². The second-order valence-electron chi connectivity index (χ2n) is 7.51. The van der Waals surface area contributed by atoms with Crippen molar-refractivity contribution in [3.8, 4) is 0 Å². The number of carbonyl (C=O) groups is 1. The molecule has 0 aromatic rings. The predicted molar refractivity (Wildman–Crippen MR) is 85.1 cm³/mol. The van der Waals surface area contributed by atoms with Crippen molar-refractivity contribution < 1.29 is 9.53 Å². The molecule has 2 fully saturated rings. The van der Waals surface area contributed by atoms with E-state index < -0.39 is 5.54 Å². The Morgan fingerprint density at radius 2 is 1.95 bits per heavy atom. The zero-order valence-corrected chi connectivity index (χ0v) is 14.3. The van der Waals surface area contributed by atoms with Crippen LogP contribution < -0.4 is 5.32 Å². The Balaban J connectivity index is 2.13. The van der Waals surface area contributed by atoms with Gasteiger partial charge in [0.05, 0.1) is 7.11 Å². The second kappa shape index (κ2) is 6.66. The van der Waals surface area contributed by atoms with Gasteiger partial charge in [-0.15, -0.1) is 0 Å². The number of ether oxygens (including phenoxy) is 1. The molecule has 21 heavy (non-hydrogen) atoms. The number of nitrogens with zero attached hydrogens (tertiary/aromatic N) is 1. The topological polar surface area (TPSA) is 41.6 Å². The lowest BCUT2D eigenvalue weighted by Crippen LogP contribution is -2.63. The van der Waals surface area contributed by atoms with Crippen molar-refractivity contribution in [3.05, 3.63) is 0 Å². The smallest absolute Gasteiger partial charge is 0.327 e. The van der Waals surface area contributed by atoms with Gasteiger partial charge in [0.1, 0.15) is 5.54 Å². The molecule has 1 aliphatic carbocycles. The first kappa shape index (κ1) is 16.8. The van der Waals surface area contributed by atoms with E-state index in [1.807, 2.05) is 0 Å². The fourth-order valence-corrected chi connectivity index (χ4v) is 3.70. The highest BCUT2D eigenvalue weighted by molar-refractivity contribution is 5.82. The van der Waals surface area contributed by atoms with Crippen molar-refractivity contribution >= 4 is 5.97 Å². The molecule has 2 rings (SSSR count). The molecule has 0 spiro atoms. The summed E-state index contributed by atoms with van der Waals surface area (Å²) in [5.41, 5.74) is -0.511. The Bertz CT molecular complexity index is 368. The highest BCUT2D eigenvalue weighted by atomic mass is 16.5. The summed E-state index contributed by atoms with van der Waals surface area (Å²) in [6.45, 7) is 11.9. The Morgan fingerprint density at radius 3 is 2.43 bits per heavy atom. The molecule has 0 aromatic heterocycles. The number of likely N-dealkylation sites (tertiary alicyclic amines) is 1. The average Bonchev–Trinajstić information content (AvgIpc) is 3.25. The molecule has 1 N–H and O–H groups in total. The number of piperidine rings is 1. The molecule has 3 unspecified atom stereocenters. The number of carbonyl (C=O) groups excluding carboxylic acids is 1. The molecule has 122 valence electrons. The lowest BCUT2D eigenvalue weighted by Gasteiger charge is -2.42. The van der Waals surface area contributed by atoms with Crippen LogP contribution in [0, 0.1) is 17.8 Å². The van der Waals surface area contributed by atoms with Crippen LogP contribution in [0.2, 0.25) is 0 Å². The molecular weight excluding hydrogens is 264 g/mol. The second-order valence-corrected chi connectivity index (χ2v) is 7.51. The number of nitrogens with one attached hydrogen (secondary N) is 1. The van der Waals surface area contributed by atoms with Crippen molar-refractivity contribution in [1.82, 2.24) is 10.2 Å². The van der Waals surface area contributed by atoms with Crippen molar-refractivity contribution in [2.24, 2.45) is 17.8 Å². The third-order valence-corrected chi connectivity index (χ3v) is 5.26. The molecule has 0 bridgehead atoms. The van der Waals surface area contributed by atoms with Gasteiger partial charge in [0, 0.05) is 19.1 Å². The highest BCUT2D eigenvalue weighted by Gasteiger charge is 2.53. The largest absolute Gasteiger partial charge is 0.468 e. The van der Waals surface area contributed by atoms with Gasteiger partial charge in [-0.1, -0.05) is 13.8 Å². The molecular formula is C17H32N2O2. The first-order valence-electron chi connectivity index (χ1n) is 8.47. The SMILES string of the molecule is COC(=O)C(CN1CCC(C)C(C)C1)(NC(C)C)C1CC1. The summed E-state index contributed by atoms with van der Waals surface area (Å²) < 4.78 is 5.18. The van der Waals surface area contributed by atoms with E-state index in [0.29, 0.717) is 11.8 Å². The van der Waals surface area contributed by atoms with Gasteiger partial charge in [-0.05, 0) is 57.4 Å². The molecule has 1 saturated heterocycles. The van der Waals surface area contributed by atoms with Gasteiger partial charge in [0.2, 0.25) is 0 Å². The average molecular weight is 296 g/mol. The lowest BCUT2D eigenvalue weighted by atomic mass is 9.85. The van der Waals surface area contributed by atoms with Crippen molar-refractivity contribution in [2.75, 3.05) is 26.7 Å². The molecule has 2 aliphatic rings. The standard InChI is InChI=1S/C17H32N2O2/c1-12(2)18-17(15-6-7-15,16(20)21-5)11-19-9-8-13(3)14(4)10-19/h12-15,18H,6-11H2,1-5H3. The maximum Gasteiger partial charge on any atom is 0.327 e. The Kier molecular flexibility index (Phi) is 5.31. The summed E-state index contributed by atoms with van der Waals surface area (Å²) in [5, 5.41) is 3.56. The molecule has 1 heterocycles. The molecule has 1 saturated carbocycles. The highest BCUT2D eigenvalue weighted by Crippen LogP contribution is 2.42. The van der Waals surface area contributed by atoms with Crippen molar-refractivity contribution in [2.45, 2.75) is 58.5 Å². The van der Waals surface area contributed by atoms with E-state index in [4.69, 9.17) is 4.74 Å². The van der Waals surface area contributed by atoms with Crippen LogP contribution in [0.25, 0.3) is 0 Å². The third-order valence-electron chi connectivity index (χ3n) is 5.26. The molecule has 0 aromatic carbocycles. The molecule has 0 amide bonds. The Hall–Kier alpha value is -0.610. The van der Waals surface area contributed by atoms with E-state index in [2.05, 4.69) is 37.9 Å². The quantitative estimate of drug-likeness (QED) is 0.764. The van der Waals surface area contributed by atoms with E-state index in [0.717, 1.165) is 38.4 Å². The first-order valence-corrected chi connectivity index (χ1v) is 8.47. The van der Waals surface area contributed by atoms with Crippen LogP contribution in [0.5, 0.6) is 0 Å². The third kappa shape index (κ3) is 3.78. The predicted octanol–water partition coefficient (Wildman–Crippen LogP) is 2.28. The van der Waals surface area contributed by atoms with Crippen molar-refractivity contribution in [3.63, 3.8) is 0 Å². The van der Waals surface area contributed by atoms with Crippen LogP contribution in [0.3, 0.4) is 0 Å². The number of hydrogen-bond acceptors (Lipinski definition) is 4. The van der Waals surface area contributed by atoms with Gasteiger partial charge in [-0.25, -0.2) is 4.79 Å². The van der Waals surface area contributed by atoms with Gasteiger partial charge in [0.25, 0.3) is 0 Å². The van der Waals surface area contributed by atoms with Crippen LogP contribution in [-0.2, 0) is 9.53 Å². The lowest BCUT2D eigenvalue weighted by molar-refractivity contribution is -0.151. The Labute approximate surface area is 129 Å². The molecule has 0 radical (unpaired) electrons. The maximum absolute atomic E-state index is 12.6. The van der Waals surface area contributed by atoms with Crippen LogP contribution in [0.4, 0.5) is 0 Å². The van der Waals surface area contributed by atoms with E-state index in [-0.39, 0.29) is 12.0 Å². The van der Waals surface area contributed by atoms with Crippen LogP contribution >= 0.6 is 0 Å². The normalized spacial score (nSPS) is 30.2. The monoisotopic (exact) mass is 296 g/mol. The maximum atomic E-state index is 12.6. The molecule has 3 atom stereocenters. The minimum absolute atomic E-state index is 0.0787. The minimum Gasteiger partial charge on any atom is -0.468 e. The fourth-order valence-electron chi connectivity index (χ4n) is 3.70. The zero-order valence-electron chi connectivity index (χ0n) is 14.3. The van der Waals surface area contributed by atoms with E-state index in [9.17, 15) is 4.79 Å². The Morgan fingerprint density at radius 1 is 1.29 bits per heavy atom.